The van der Waals surface area contributed by atoms with Crippen LogP contribution < -0.4 is 11.1 Å². The van der Waals surface area contributed by atoms with Crippen LogP contribution in [-0.4, -0.2) is 18.0 Å². The Morgan fingerprint density at radius 2 is 2.00 bits per heavy atom. The summed E-state index contributed by atoms with van der Waals surface area (Å²) in [5.74, 6) is 1.23. The molecule has 2 fully saturated rings. The largest absolute Gasteiger partial charge is 0.348 e. The molecule has 1 aromatic heterocycles. The van der Waals surface area contributed by atoms with Gasteiger partial charge in [0.2, 0.25) is 0 Å². The Labute approximate surface area is 126 Å². The molecule has 1 heterocycles. The molecule has 0 radical (unpaired) electrons. The number of nitrogens with one attached hydrogen (secondary N) is 1. The minimum atomic E-state index is 0.0769. The van der Waals surface area contributed by atoms with Gasteiger partial charge in [0.1, 0.15) is 0 Å². The number of rotatable bonds is 2. The van der Waals surface area contributed by atoms with Crippen LogP contribution in [-0.2, 0) is 0 Å². The van der Waals surface area contributed by atoms with E-state index in [0.29, 0.717) is 23.9 Å². The van der Waals surface area contributed by atoms with E-state index in [1.165, 1.54) is 30.6 Å². The van der Waals surface area contributed by atoms with E-state index in [-0.39, 0.29) is 5.91 Å². The average Bonchev–Trinajstić information content (AvgIpc) is 2.77. The summed E-state index contributed by atoms with van der Waals surface area (Å²) in [4.78, 5) is 13.1. The molecule has 19 heavy (non-hydrogen) atoms. The highest BCUT2D eigenvalue weighted by molar-refractivity contribution is 9.11. The molecule has 1 aromatic rings. The van der Waals surface area contributed by atoms with Gasteiger partial charge in [0.05, 0.1) is 8.66 Å². The lowest BCUT2D eigenvalue weighted by Gasteiger charge is -2.45. The van der Waals surface area contributed by atoms with Crippen molar-refractivity contribution in [1.29, 1.82) is 0 Å². The minimum absolute atomic E-state index is 0.0769. The van der Waals surface area contributed by atoms with Crippen LogP contribution in [0.5, 0.6) is 0 Å². The van der Waals surface area contributed by atoms with Crippen molar-refractivity contribution in [1.82, 2.24) is 5.32 Å². The molecule has 0 saturated heterocycles. The second-order valence-corrected chi connectivity index (χ2v) is 8.25. The first-order valence-corrected chi connectivity index (χ1v) is 8.56. The first-order valence-electron chi connectivity index (χ1n) is 6.95. The topological polar surface area (TPSA) is 55.1 Å². The summed E-state index contributed by atoms with van der Waals surface area (Å²) >= 11 is 4.90. The Hall–Kier alpha value is -0.390. The zero-order valence-corrected chi connectivity index (χ0v) is 13.2. The highest BCUT2D eigenvalue weighted by atomic mass is 79.9. The zero-order chi connectivity index (χ0) is 13.4. The normalized spacial score (nSPS) is 34.0. The number of thiophene rings is 1. The van der Waals surface area contributed by atoms with Crippen molar-refractivity contribution < 1.29 is 4.79 Å². The number of nitrogens with two attached hydrogens (primary N) is 1. The van der Waals surface area contributed by atoms with Crippen LogP contribution in [0, 0.1) is 11.8 Å². The average molecular weight is 343 g/mol. The Balaban J connectivity index is 1.70. The summed E-state index contributed by atoms with van der Waals surface area (Å²) in [5, 5.41) is 3.27. The van der Waals surface area contributed by atoms with Gasteiger partial charge in [-0.1, -0.05) is 6.42 Å². The van der Waals surface area contributed by atoms with Crippen LogP contribution in [0.15, 0.2) is 15.9 Å². The van der Waals surface area contributed by atoms with Gasteiger partial charge in [0, 0.05) is 12.1 Å². The fourth-order valence-corrected chi connectivity index (χ4v) is 4.97. The van der Waals surface area contributed by atoms with Crippen LogP contribution in [0.1, 0.15) is 41.8 Å². The number of hydrogen-bond acceptors (Lipinski definition) is 3. The van der Waals surface area contributed by atoms with Gasteiger partial charge in [-0.15, -0.1) is 11.3 Å². The van der Waals surface area contributed by atoms with Crippen molar-refractivity contribution in [2.45, 2.75) is 44.2 Å². The number of fused-ring (bicyclic) bond motifs is 2. The van der Waals surface area contributed by atoms with E-state index in [0.717, 1.165) is 21.5 Å². The third-order valence-corrected chi connectivity index (χ3v) is 6.09. The zero-order valence-electron chi connectivity index (χ0n) is 10.8. The van der Waals surface area contributed by atoms with Crippen LogP contribution in [0.2, 0.25) is 0 Å². The first kappa shape index (κ1) is 13.6. The van der Waals surface area contributed by atoms with E-state index >= 15 is 0 Å². The smallest absolute Gasteiger partial charge is 0.261 e. The molecule has 3 N–H and O–H groups in total. The van der Waals surface area contributed by atoms with Crippen LogP contribution in [0.4, 0.5) is 0 Å². The Bertz CT molecular complexity index is 462. The van der Waals surface area contributed by atoms with Gasteiger partial charge in [-0.3, -0.25) is 4.79 Å². The maximum Gasteiger partial charge on any atom is 0.261 e. The molecule has 2 bridgehead atoms. The summed E-state index contributed by atoms with van der Waals surface area (Å²) in [6, 6.07) is 4.48. The van der Waals surface area contributed by atoms with E-state index in [1.54, 1.807) is 0 Å². The lowest BCUT2D eigenvalue weighted by atomic mass is 9.67. The van der Waals surface area contributed by atoms with E-state index in [9.17, 15) is 4.79 Å². The predicted octanol–water partition coefficient (Wildman–Crippen LogP) is 3.15. The number of hydrogen-bond donors (Lipinski definition) is 2. The van der Waals surface area contributed by atoms with Crippen molar-refractivity contribution in [2.24, 2.45) is 17.6 Å². The van der Waals surface area contributed by atoms with Crippen LogP contribution >= 0.6 is 27.3 Å². The fourth-order valence-electron chi connectivity index (χ4n) is 3.68. The molecule has 3 rings (SSSR count). The maximum atomic E-state index is 12.3. The monoisotopic (exact) mass is 342 g/mol. The Morgan fingerprint density at radius 1 is 1.32 bits per heavy atom. The van der Waals surface area contributed by atoms with Gasteiger partial charge in [-0.2, -0.15) is 0 Å². The maximum absolute atomic E-state index is 12.3. The highest BCUT2D eigenvalue weighted by Gasteiger charge is 2.40. The molecular weight excluding hydrogens is 324 g/mol. The standard InChI is InChI=1S/C14H19BrN2OS/c15-12-5-4-11(19-12)14(18)17-13-8-2-1-3-9(13)7-10(16)6-8/h4-5,8-10,13H,1-3,6-7,16H2,(H,17,18). The second-order valence-electron chi connectivity index (χ2n) is 5.79. The highest BCUT2D eigenvalue weighted by Crippen LogP contribution is 2.39. The molecule has 2 unspecified atom stereocenters. The van der Waals surface area contributed by atoms with Gasteiger partial charge >= 0.3 is 0 Å². The number of halogens is 1. The fraction of sp³-hybridized carbons (Fsp3) is 0.643. The van der Waals surface area contributed by atoms with E-state index < -0.39 is 0 Å². The summed E-state index contributed by atoms with van der Waals surface area (Å²) in [5.41, 5.74) is 6.12. The van der Waals surface area contributed by atoms with Crippen LogP contribution in [0.25, 0.3) is 0 Å². The molecule has 0 aliphatic heterocycles. The van der Waals surface area contributed by atoms with Crippen molar-refractivity contribution >= 4 is 33.2 Å². The van der Waals surface area contributed by atoms with E-state index in [2.05, 4.69) is 21.2 Å². The molecule has 2 atom stereocenters. The SMILES string of the molecule is NC1CC2CCCC(C1)C2NC(=O)c1ccc(Br)s1. The van der Waals surface area contributed by atoms with Gasteiger partial charge in [-0.05, 0) is 65.6 Å². The van der Waals surface area contributed by atoms with Gasteiger partial charge < -0.3 is 11.1 Å². The van der Waals surface area contributed by atoms with E-state index in [4.69, 9.17) is 5.73 Å². The predicted molar refractivity (Wildman–Crippen MR) is 81.3 cm³/mol. The molecule has 1 amide bonds. The first-order chi connectivity index (χ1) is 9.13. The van der Waals surface area contributed by atoms with Crippen molar-refractivity contribution in [3.8, 4) is 0 Å². The van der Waals surface area contributed by atoms with Crippen molar-refractivity contribution in [3.05, 3.63) is 20.8 Å². The van der Waals surface area contributed by atoms with Gasteiger partial charge in [0.15, 0.2) is 0 Å². The quantitative estimate of drug-likeness (QED) is 0.867. The molecule has 0 spiro atoms. The molecule has 3 nitrogen and oxygen atoms in total. The summed E-state index contributed by atoms with van der Waals surface area (Å²) in [7, 11) is 0. The third kappa shape index (κ3) is 2.88. The summed E-state index contributed by atoms with van der Waals surface area (Å²) in [6.45, 7) is 0. The number of carbonyl (C=O) groups is 1. The second kappa shape index (κ2) is 5.54. The van der Waals surface area contributed by atoms with Gasteiger partial charge in [0.25, 0.3) is 5.91 Å². The molecule has 2 aliphatic rings. The molecule has 2 saturated carbocycles. The molecular formula is C14H19BrN2OS. The molecule has 2 aliphatic carbocycles. The molecule has 5 heteroatoms. The van der Waals surface area contributed by atoms with E-state index in [1.807, 2.05) is 12.1 Å². The van der Waals surface area contributed by atoms with Gasteiger partial charge in [-0.25, -0.2) is 0 Å². The third-order valence-electron chi connectivity index (χ3n) is 4.47. The summed E-state index contributed by atoms with van der Waals surface area (Å²) < 4.78 is 1.00. The number of amides is 1. The van der Waals surface area contributed by atoms with Crippen LogP contribution in [0.3, 0.4) is 0 Å². The Kier molecular flexibility index (Phi) is 3.96. The van der Waals surface area contributed by atoms with Crippen molar-refractivity contribution in [3.63, 3.8) is 0 Å². The lowest BCUT2D eigenvalue weighted by molar-refractivity contribution is 0.0759. The number of carbonyl (C=O) groups excluding carboxylic acids is 1. The van der Waals surface area contributed by atoms with Crippen molar-refractivity contribution in [2.75, 3.05) is 0 Å². The Morgan fingerprint density at radius 3 is 2.58 bits per heavy atom. The lowest BCUT2D eigenvalue weighted by Crippen LogP contribution is -2.53. The minimum Gasteiger partial charge on any atom is -0.348 e. The molecule has 0 aromatic carbocycles. The summed E-state index contributed by atoms with van der Waals surface area (Å²) in [6.07, 6.45) is 5.84. The molecule has 104 valence electrons.